The second-order valence-corrected chi connectivity index (χ2v) is 10.6. The van der Waals surface area contributed by atoms with Gasteiger partial charge in [0, 0.05) is 21.9 Å². The molecule has 0 atom stereocenters. The van der Waals surface area contributed by atoms with Gasteiger partial charge in [-0.05, 0) is 60.0 Å². The normalized spacial score (nSPS) is 16.9. The molecule has 0 aliphatic heterocycles. The van der Waals surface area contributed by atoms with Gasteiger partial charge in [0.05, 0.1) is 12.1 Å². The molecule has 2 heterocycles. The van der Waals surface area contributed by atoms with E-state index >= 15 is 0 Å². The van der Waals surface area contributed by atoms with E-state index in [1.165, 1.54) is 16.2 Å². The number of anilines is 1. The second kappa shape index (κ2) is 8.41. The van der Waals surface area contributed by atoms with Crippen molar-refractivity contribution in [3.8, 4) is 0 Å². The van der Waals surface area contributed by atoms with E-state index in [0.29, 0.717) is 12.1 Å². The van der Waals surface area contributed by atoms with Crippen LogP contribution >= 0.6 is 38.6 Å². The largest absolute Gasteiger partial charge is 0.347 e. The molecule has 2 aromatic heterocycles. The maximum absolute atomic E-state index is 13.0. The van der Waals surface area contributed by atoms with Crippen LogP contribution in [0.3, 0.4) is 0 Å². The number of hydrogen-bond acceptors (Lipinski definition) is 5. The minimum Gasteiger partial charge on any atom is -0.347 e. The zero-order chi connectivity index (χ0) is 18.8. The molecule has 0 unspecified atom stereocenters. The van der Waals surface area contributed by atoms with Gasteiger partial charge in [0.15, 0.2) is 3.92 Å². The number of nitrogens with one attached hydrogen (secondary N) is 2. The van der Waals surface area contributed by atoms with Crippen LogP contribution in [0.4, 0.5) is 5.00 Å². The summed E-state index contributed by atoms with van der Waals surface area (Å²) in [5.74, 6) is 0.0711. The average molecular weight is 468 g/mol. The lowest BCUT2D eigenvalue weighted by atomic mass is 9.95. The zero-order valence-corrected chi connectivity index (χ0v) is 18.2. The standard InChI is InChI=1S/C19H22BrN3O2S2/c20-19-22-10-12(26-19)9-21-17(25)15-13-7-3-4-8-14(13)27-18(15)23-16(24)11-5-1-2-6-11/h10-11H,1-9H2,(H,21,25)(H,23,24). The summed E-state index contributed by atoms with van der Waals surface area (Å²) in [6.07, 6.45) is 10.1. The van der Waals surface area contributed by atoms with Crippen molar-refractivity contribution in [2.24, 2.45) is 5.92 Å². The van der Waals surface area contributed by atoms with Gasteiger partial charge >= 0.3 is 0 Å². The first-order valence-electron chi connectivity index (χ1n) is 9.45. The van der Waals surface area contributed by atoms with Crippen molar-refractivity contribution < 1.29 is 9.59 Å². The van der Waals surface area contributed by atoms with Gasteiger partial charge in [-0.1, -0.05) is 12.8 Å². The maximum atomic E-state index is 13.0. The predicted molar refractivity (Wildman–Crippen MR) is 113 cm³/mol. The summed E-state index contributed by atoms with van der Waals surface area (Å²) in [5.41, 5.74) is 1.82. The number of halogens is 1. The summed E-state index contributed by atoms with van der Waals surface area (Å²) in [6, 6.07) is 0. The Morgan fingerprint density at radius 3 is 2.67 bits per heavy atom. The molecule has 2 aromatic rings. The number of carbonyl (C=O) groups excluding carboxylic acids is 2. The third kappa shape index (κ3) is 4.27. The molecule has 1 saturated carbocycles. The molecule has 0 bridgehead atoms. The van der Waals surface area contributed by atoms with Crippen LogP contribution in [0.2, 0.25) is 0 Å². The van der Waals surface area contributed by atoms with Crippen LogP contribution in [0.15, 0.2) is 10.1 Å². The topological polar surface area (TPSA) is 71.1 Å². The van der Waals surface area contributed by atoms with E-state index in [9.17, 15) is 9.59 Å². The summed E-state index contributed by atoms with van der Waals surface area (Å²) in [6.45, 7) is 0.447. The second-order valence-electron chi connectivity index (χ2n) is 7.15. The number of fused-ring (bicyclic) bond motifs is 1. The Balaban J connectivity index is 1.54. The first-order chi connectivity index (χ1) is 13.1. The molecule has 2 aliphatic rings. The van der Waals surface area contributed by atoms with Gasteiger partial charge in [-0.15, -0.1) is 22.7 Å². The zero-order valence-electron chi connectivity index (χ0n) is 15.0. The van der Waals surface area contributed by atoms with E-state index in [2.05, 4.69) is 31.5 Å². The van der Waals surface area contributed by atoms with E-state index in [-0.39, 0.29) is 17.7 Å². The van der Waals surface area contributed by atoms with E-state index in [1.54, 1.807) is 17.5 Å². The molecule has 2 N–H and O–H groups in total. The summed E-state index contributed by atoms with van der Waals surface area (Å²) < 4.78 is 0.809. The molecule has 2 amide bonds. The molecule has 0 radical (unpaired) electrons. The Morgan fingerprint density at radius 1 is 1.15 bits per heavy atom. The maximum Gasteiger partial charge on any atom is 0.254 e. The number of thiophene rings is 1. The van der Waals surface area contributed by atoms with Crippen molar-refractivity contribution >= 4 is 55.4 Å². The highest BCUT2D eigenvalue weighted by molar-refractivity contribution is 9.11. The Morgan fingerprint density at radius 2 is 1.93 bits per heavy atom. The van der Waals surface area contributed by atoms with Crippen molar-refractivity contribution in [2.45, 2.75) is 57.9 Å². The highest BCUT2D eigenvalue weighted by atomic mass is 79.9. The van der Waals surface area contributed by atoms with E-state index < -0.39 is 0 Å². The van der Waals surface area contributed by atoms with Gasteiger partial charge < -0.3 is 10.6 Å². The molecule has 0 aromatic carbocycles. The van der Waals surface area contributed by atoms with Gasteiger partial charge in [-0.2, -0.15) is 0 Å². The fourth-order valence-electron chi connectivity index (χ4n) is 3.92. The highest BCUT2D eigenvalue weighted by Gasteiger charge is 2.29. The fraction of sp³-hybridized carbons (Fsp3) is 0.526. The number of nitrogens with zero attached hydrogens (tertiary/aromatic N) is 1. The Kier molecular flexibility index (Phi) is 5.94. The molecule has 2 aliphatic carbocycles. The summed E-state index contributed by atoms with van der Waals surface area (Å²) in [5, 5.41) is 6.85. The van der Waals surface area contributed by atoms with Crippen molar-refractivity contribution in [1.82, 2.24) is 10.3 Å². The number of thiazole rings is 1. The lowest BCUT2D eigenvalue weighted by Crippen LogP contribution is -2.26. The Bertz CT molecular complexity index is 855. The third-order valence-corrected chi connectivity index (χ3v) is 7.99. The van der Waals surface area contributed by atoms with Crippen LogP contribution < -0.4 is 10.6 Å². The molecular formula is C19H22BrN3O2S2. The van der Waals surface area contributed by atoms with E-state index in [0.717, 1.165) is 70.7 Å². The van der Waals surface area contributed by atoms with Crippen LogP contribution in [0.25, 0.3) is 0 Å². The monoisotopic (exact) mass is 467 g/mol. The van der Waals surface area contributed by atoms with E-state index in [1.807, 2.05) is 0 Å². The molecule has 1 fully saturated rings. The van der Waals surface area contributed by atoms with Crippen molar-refractivity contribution in [1.29, 1.82) is 0 Å². The predicted octanol–water partition coefficient (Wildman–Crippen LogP) is 4.90. The summed E-state index contributed by atoms with van der Waals surface area (Å²) in [4.78, 5) is 32.0. The molecule has 5 nitrogen and oxygen atoms in total. The Labute approximate surface area is 175 Å². The van der Waals surface area contributed by atoms with Crippen LogP contribution in [-0.2, 0) is 24.2 Å². The Hall–Kier alpha value is -1.25. The average Bonchev–Trinajstić information content (AvgIpc) is 3.39. The molecule has 144 valence electrons. The van der Waals surface area contributed by atoms with Gasteiger partial charge in [-0.25, -0.2) is 4.98 Å². The van der Waals surface area contributed by atoms with Gasteiger partial charge in [0.2, 0.25) is 5.91 Å². The van der Waals surface area contributed by atoms with Gasteiger partial charge in [0.25, 0.3) is 5.91 Å². The van der Waals surface area contributed by atoms with Gasteiger partial charge in [-0.3, -0.25) is 9.59 Å². The third-order valence-electron chi connectivity index (χ3n) is 5.31. The lowest BCUT2D eigenvalue weighted by molar-refractivity contribution is -0.119. The summed E-state index contributed by atoms with van der Waals surface area (Å²) >= 11 is 6.45. The molecule has 27 heavy (non-hydrogen) atoms. The molecule has 4 rings (SSSR count). The van der Waals surface area contributed by atoms with Crippen LogP contribution in [-0.4, -0.2) is 16.8 Å². The smallest absolute Gasteiger partial charge is 0.254 e. The van der Waals surface area contributed by atoms with E-state index in [4.69, 9.17) is 0 Å². The number of carbonyl (C=O) groups is 2. The number of hydrogen-bond donors (Lipinski definition) is 2. The first-order valence-corrected chi connectivity index (χ1v) is 11.9. The highest BCUT2D eigenvalue weighted by Crippen LogP contribution is 2.39. The van der Waals surface area contributed by atoms with Crippen LogP contribution in [0.1, 0.15) is 64.2 Å². The molecular weight excluding hydrogens is 446 g/mol. The quantitative estimate of drug-likeness (QED) is 0.656. The number of amides is 2. The van der Waals surface area contributed by atoms with Crippen molar-refractivity contribution in [2.75, 3.05) is 5.32 Å². The minimum absolute atomic E-state index is 0.0755. The SMILES string of the molecule is O=C(NCc1cnc(Br)s1)c1c(NC(=O)C2CCCC2)sc2c1CCCC2. The number of aromatic nitrogens is 1. The van der Waals surface area contributed by atoms with Crippen LogP contribution in [0.5, 0.6) is 0 Å². The molecule has 0 saturated heterocycles. The first kappa shape index (κ1) is 19.1. The number of aryl methyl sites for hydroxylation is 1. The van der Waals surface area contributed by atoms with Gasteiger partial charge in [0.1, 0.15) is 5.00 Å². The fourth-order valence-corrected chi connectivity index (χ4v) is 6.50. The summed E-state index contributed by atoms with van der Waals surface area (Å²) in [7, 11) is 0. The van der Waals surface area contributed by atoms with Crippen molar-refractivity contribution in [3.63, 3.8) is 0 Å². The molecule has 0 spiro atoms. The van der Waals surface area contributed by atoms with Crippen molar-refractivity contribution in [3.05, 3.63) is 31.0 Å². The lowest BCUT2D eigenvalue weighted by Gasteiger charge is -2.14. The number of rotatable bonds is 5. The molecule has 8 heteroatoms. The van der Waals surface area contributed by atoms with Crippen LogP contribution in [0, 0.1) is 5.92 Å². The minimum atomic E-state index is -0.0966.